The fourth-order valence-corrected chi connectivity index (χ4v) is 4.94. The molecule has 4 aromatic carbocycles. The molecule has 286 valence electrons. The number of allylic oxidation sites excluding steroid dienone is 4. The number of aliphatic hydroxyl groups is 1. The molecular formula is C48H60N2O4. The van der Waals surface area contributed by atoms with Gasteiger partial charge in [0.1, 0.15) is 18.1 Å². The van der Waals surface area contributed by atoms with Crippen molar-refractivity contribution in [1.29, 1.82) is 0 Å². The van der Waals surface area contributed by atoms with Gasteiger partial charge in [0.15, 0.2) is 0 Å². The molecule has 0 bridgehead atoms. The Morgan fingerprint density at radius 2 is 1.30 bits per heavy atom. The highest BCUT2D eigenvalue weighted by Crippen LogP contribution is 2.24. The Bertz CT molecular complexity index is 1800. The zero-order valence-electron chi connectivity index (χ0n) is 33.6. The molecule has 1 unspecified atom stereocenters. The summed E-state index contributed by atoms with van der Waals surface area (Å²) in [7, 11) is 0. The fourth-order valence-electron chi connectivity index (χ4n) is 4.94. The van der Waals surface area contributed by atoms with Crippen LogP contribution in [-0.2, 0) is 27.8 Å². The lowest BCUT2D eigenvalue weighted by Crippen LogP contribution is -2.51. The second-order valence-electron chi connectivity index (χ2n) is 15.5. The van der Waals surface area contributed by atoms with E-state index < -0.39 is 12.1 Å². The van der Waals surface area contributed by atoms with E-state index >= 15 is 0 Å². The number of carbonyl (C=O) groups excluding carboxylic acids is 3. The topological polar surface area (TPSA) is 95.5 Å². The van der Waals surface area contributed by atoms with Crippen molar-refractivity contribution >= 4 is 18.1 Å². The Balaban J connectivity index is 0.000000458. The van der Waals surface area contributed by atoms with Gasteiger partial charge in [0.2, 0.25) is 5.91 Å². The third-order valence-electron chi connectivity index (χ3n) is 8.95. The zero-order valence-corrected chi connectivity index (χ0v) is 33.6. The Labute approximate surface area is 324 Å². The molecule has 0 aliphatic heterocycles. The van der Waals surface area contributed by atoms with Gasteiger partial charge in [0, 0.05) is 12.0 Å². The summed E-state index contributed by atoms with van der Waals surface area (Å²) in [6, 6.07) is 33.5. The lowest BCUT2D eigenvalue weighted by molar-refractivity contribution is -0.125. The van der Waals surface area contributed by atoms with Crippen molar-refractivity contribution in [2.45, 2.75) is 92.7 Å². The number of aliphatic hydroxyl groups excluding tert-OH is 1. The maximum atomic E-state index is 13.3. The van der Waals surface area contributed by atoms with Crippen LogP contribution < -0.4 is 10.6 Å². The minimum Gasteiger partial charge on any atom is -0.508 e. The summed E-state index contributed by atoms with van der Waals surface area (Å²) in [4.78, 5) is 38.3. The van der Waals surface area contributed by atoms with Gasteiger partial charge in [-0.25, -0.2) is 0 Å². The fraction of sp³-hybridized carbons (Fsp3) is 0.312. The predicted octanol–water partition coefficient (Wildman–Crippen LogP) is 10.2. The second kappa shape index (κ2) is 21.9. The van der Waals surface area contributed by atoms with E-state index in [9.17, 15) is 14.4 Å². The summed E-state index contributed by atoms with van der Waals surface area (Å²) in [5.74, 6) is -0.508. The molecule has 2 amide bonds. The third kappa shape index (κ3) is 16.5. The standard InChI is InChI=1S/C31H36N2O3.C11H18O.C6H6/c1-21-10-12-23(13-11-21)18-27(20-34)32-30(36)28(19-25-9-7-6-8-22(25)2)33-29(35)24-14-16-26(17-15-24)31(3,4)5;1-6-10(12)8-7-9(2)11(3,4)5;1-2-4-6-5-3-1/h6-17,20,27-28H,18-19H2,1-5H3,(H,32,36)(H,33,35);6-8,12H,1H2,2-5H3;1-6H/b;9-7+,10-8+;/t27-,28?;;/m0../s1. The first-order chi connectivity index (χ1) is 25.4. The summed E-state index contributed by atoms with van der Waals surface area (Å²) in [5, 5.41) is 14.8. The summed E-state index contributed by atoms with van der Waals surface area (Å²) in [6.07, 6.45) is 6.45. The van der Waals surface area contributed by atoms with Gasteiger partial charge in [-0.15, -0.1) is 0 Å². The van der Waals surface area contributed by atoms with Crippen molar-refractivity contribution in [2.24, 2.45) is 5.41 Å². The average molecular weight is 729 g/mol. The lowest BCUT2D eigenvalue weighted by Gasteiger charge is -2.22. The highest BCUT2D eigenvalue weighted by molar-refractivity contribution is 5.98. The van der Waals surface area contributed by atoms with Crippen molar-refractivity contribution < 1.29 is 19.5 Å². The van der Waals surface area contributed by atoms with E-state index in [1.807, 2.05) is 124 Å². The molecule has 6 heteroatoms. The molecule has 0 spiro atoms. The van der Waals surface area contributed by atoms with Crippen LogP contribution in [0.2, 0.25) is 0 Å². The monoisotopic (exact) mass is 728 g/mol. The van der Waals surface area contributed by atoms with Gasteiger partial charge in [0.25, 0.3) is 5.91 Å². The predicted molar refractivity (Wildman–Crippen MR) is 225 cm³/mol. The van der Waals surface area contributed by atoms with Crippen LogP contribution in [0.25, 0.3) is 0 Å². The minimum absolute atomic E-state index is 0.0242. The molecule has 4 aromatic rings. The molecule has 0 radical (unpaired) electrons. The molecule has 0 aromatic heterocycles. The molecule has 3 N–H and O–H groups in total. The van der Waals surface area contributed by atoms with Crippen molar-refractivity contribution in [1.82, 2.24) is 10.6 Å². The van der Waals surface area contributed by atoms with Crippen LogP contribution >= 0.6 is 0 Å². The van der Waals surface area contributed by atoms with E-state index in [0.29, 0.717) is 18.4 Å². The van der Waals surface area contributed by atoms with E-state index in [1.165, 1.54) is 11.6 Å². The maximum absolute atomic E-state index is 13.3. The average Bonchev–Trinajstić information content (AvgIpc) is 3.15. The molecule has 4 rings (SSSR count). The van der Waals surface area contributed by atoms with Gasteiger partial charge < -0.3 is 20.5 Å². The first kappa shape index (κ1) is 44.7. The molecule has 54 heavy (non-hydrogen) atoms. The number of amides is 2. The summed E-state index contributed by atoms with van der Waals surface area (Å²) >= 11 is 0. The van der Waals surface area contributed by atoms with Gasteiger partial charge in [-0.3, -0.25) is 9.59 Å². The van der Waals surface area contributed by atoms with Crippen LogP contribution in [0.5, 0.6) is 0 Å². The number of rotatable bonds is 11. The first-order valence-corrected chi connectivity index (χ1v) is 18.4. The normalized spacial score (nSPS) is 12.8. The van der Waals surface area contributed by atoms with E-state index in [0.717, 1.165) is 34.1 Å². The number of benzene rings is 4. The van der Waals surface area contributed by atoms with Gasteiger partial charge in [0.05, 0.1) is 6.04 Å². The highest BCUT2D eigenvalue weighted by atomic mass is 16.3. The van der Waals surface area contributed by atoms with E-state index in [-0.39, 0.29) is 28.4 Å². The van der Waals surface area contributed by atoms with Crippen molar-refractivity contribution in [2.75, 3.05) is 0 Å². The molecule has 0 fully saturated rings. The van der Waals surface area contributed by atoms with E-state index in [4.69, 9.17) is 5.11 Å². The molecule has 0 aliphatic rings. The van der Waals surface area contributed by atoms with Crippen LogP contribution in [0.15, 0.2) is 145 Å². The van der Waals surface area contributed by atoms with E-state index in [1.54, 1.807) is 18.2 Å². The van der Waals surface area contributed by atoms with Crippen LogP contribution in [0.4, 0.5) is 0 Å². The zero-order chi connectivity index (χ0) is 40.3. The molecular weight excluding hydrogens is 669 g/mol. The van der Waals surface area contributed by atoms with Gasteiger partial charge >= 0.3 is 0 Å². The summed E-state index contributed by atoms with van der Waals surface area (Å²) < 4.78 is 0. The van der Waals surface area contributed by atoms with Crippen LogP contribution in [-0.4, -0.2) is 35.3 Å². The third-order valence-corrected chi connectivity index (χ3v) is 8.95. The largest absolute Gasteiger partial charge is 0.508 e. The first-order valence-electron chi connectivity index (χ1n) is 18.4. The van der Waals surface area contributed by atoms with Crippen LogP contribution in [0, 0.1) is 19.3 Å². The van der Waals surface area contributed by atoms with E-state index in [2.05, 4.69) is 58.8 Å². The molecule has 0 saturated carbocycles. The number of hydrogen-bond acceptors (Lipinski definition) is 4. The summed E-state index contributed by atoms with van der Waals surface area (Å²) in [6.45, 7) is 22.2. The summed E-state index contributed by atoms with van der Waals surface area (Å²) in [5.41, 5.74) is 7.05. The Morgan fingerprint density at radius 1 is 0.741 bits per heavy atom. The Kier molecular flexibility index (Phi) is 18.1. The maximum Gasteiger partial charge on any atom is 0.251 e. The van der Waals surface area contributed by atoms with Gasteiger partial charge in [-0.2, -0.15) is 0 Å². The Hall–Kier alpha value is -5.49. The van der Waals surface area contributed by atoms with Crippen molar-refractivity contribution in [3.8, 4) is 0 Å². The SMILES string of the molecule is C=C/C(O)=C\C=C(/C)C(C)(C)C.Cc1ccc(C[C@@H](C=O)NC(=O)C(Cc2ccccc2C)NC(=O)c2ccc(C(C)(C)C)cc2)cc1.c1ccccc1. The van der Waals surface area contributed by atoms with Crippen molar-refractivity contribution in [3.05, 3.63) is 179 Å². The lowest BCUT2D eigenvalue weighted by atomic mass is 9.86. The molecule has 0 aliphatic carbocycles. The molecule has 0 saturated heterocycles. The van der Waals surface area contributed by atoms with Gasteiger partial charge in [-0.1, -0.05) is 162 Å². The van der Waals surface area contributed by atoms with Crippen LogP contribution in [0.1, 0.15) is 86.6 Å². The second-order valence-corrected chi connectivity index (χ2v) is 15.5. The van der Waals surface area contributed by atoms with Crippen molar-refractivity contribution in [3.63, 3.8) is 0 Å². The molecule has 6 nitrogen and oxygen atoms in total. The Morgan fingerprint density at radius 3 is 1.78 bits per heavy atom. The molecule has 2 atom stereocenters. The number of nitrogens with one attached hydrogen (secondary N) is 2. The quantitative estimate of drug-likeness (QED) is 0.0814. The smallest absolute Gasteiger partial charge is 0.251 e. The molecule has 0 heterocycles. The number of aldehydes is 1. The number of carbonyl (C=O) groups is 3. The number of aryl methyl sites for hydroxylation is 2. The van der Waals surface area contributed by atoms with Gasteiger partial charge in [-0.05, 0) is 84.6 Å². The highest BCUT2D eigenvalue weighted by Gasteiger charge is 2.25. The van der Waals surface area contributed by atoms with Crippen LogP contribution in [0.3, 0.4) is 0 Å². The minimum atomic E-state index is -0.832. The number of hydrogen-bond donors (Lipinski definition) is 3.